The van der Waals surface area contributed by atoms with Crippen LogP contribution in [0.25, 0.3) is 11.2 Å². The van der Waals surface area contributed by atoms with Crippen molar-refractivity contribution >= 4 is 22.8 Å². The second kappa shape index (κ2) is 5.58. The third-order valence-corrected chi connectivity index (χ3v) is 4.84. The number of aromatic nitrogens is 3. The lowest BCUT2D eigenvalue weighted by atomic mass is 10.0. The number of hydrogen-bond donors (Lipinski definition) is 1. The standard InChI is InChI=1S/C16H21ClN4/c17-12-9-14-16(19-10-12)21(15(20-14)11-4-5-11)8-6-13-3-1-2-7-18-13/h9-11,13,18H,1-8H2. The van der Waals surface area contributed by atoms with Crippen molar-refractivity contribution in [3.63, 3.8) is 0 Å². The topological polar surface area (TPSA) is 42.7 Å². The van der Waals surface area contributed by atoms with Crippen LogP contribution in [-0.4, -0.2) is 27.1 Å². The van der Waals surface area contributed by atoms with Crippen LogP contribution in [0.5, 0.6) is 0 Å². The van der Waals surface area contributed by atoms with Crippen molar-refractivity contribution in [3.8, 4) is 0 Å². The molecule has 1 atom stereocenters. The second-order valence-corrected chi connectivity index (χ2v) is 6.76. The van der Waals surface area contributed by atoms with Crippen LogP contribution in [0.3, 0.4) is 0 Å². The highest BCUT2D eigenvalue weighted by Gasteiger charge is 2.30. The van der Waals surface area contributed by atoms with Crippen molar-refractivity contribution in [2.75, 3.05) is 6.54 Å². The highest BCUT2D eigenvalue weighted by atomic mass is 35.5. The molecule has 2 aliphatic rings. The first-order chi connectivity index (χ1) is 10.3. The van der Waals surface area contributed by atoms with Gasteiger partial charge in [-0.2, -0.15) is 0 Å². The molecule has 0 radical (unpaired) electrons. The maximum absolute atomic E-state index is 6.05. The Morgan fingerprint density at radius 1 is 1.29 bits per heavy atom. The molecule has 1 unspecified atom stereocenters. The maximum Gasteiger partial charge on any atom is 0.160 e. The van der Waals surface area contributed by atoms with Gasteiger partial charge in [-0.1, -0.05) is 18.0 Å². The lowest BCUT2D eigenvalue weighted by Crippen LogP contribution is -2.34. The molecule has 112 valence electrons. The number of nitrogens with zero attached hydrogens (tertiary/aromatic N) is 3. The first-order valence-electron chi connectivity index (χ1n) is 8.06. The van der Waals surface area contributed by atoms with Gasteiger partial charge in [0.05, 0.1) is 5.02 Å². The summed E-state index contributed by atoms with van der Waals surface area (Å²) in [4.78, 5) is 9.32. The second-order valence-electron chi connectivity index (χ2n) is 6.33. The minimum atomic E-state index is 0.636. The molecule has 1 aliphatic carbocycles. The number of fused-ring (bicyclic) bond motifs is 1. The van der Waals surface area contributed by atoms with Gasteiger partial charge in [0.15, 0.2) is 5.65 Å². The van der Waals surface area contributed by atoms with E-state index in [-0.39, 0.29) is 0 Å². The Hall–Kier alpha value is -1.13. The molecule has 3 heterocycles. The van der Waals surface area contributed by atoms with Gasteiger partial charge < -0.3 is 9.88 Å². The van der Waals surface area contributed by atoms with Gasteiger partial charge in [0, 0.05) is 24.7 Å². The Morgan fingerprint density at radius 2 is 2.19 bits per heavy atom. The molecule has 21 heavy (non-hydrogen) atoms. The zero-order valence-corrected chi connectivity index (χ0v) is 12.9. The van der Waals surface area contributed by atoms with Gasteiger partial charge in [0.1, 0.15) is 11.3 Å². The summed E-state index contributed by atoms with van der Waals surface area (Å²) in [6.07, 6.45) is 9.39. The maximum atomic E-state index is 6.05. The van der Waals surface area contributed by atoms with Gasteiger partial charge in [-0.3, -0.25) is 0 Å². The molecular weight excluding hydrogens is 284 g/mol. The average Bonchev–Trinajstić information content (AvgIpc) is 3.28. The lowest BCUT2D eigenvalue weighted by Gasteiger charge is -2.23. The predicted molar refractivity (Wildman–Crippen MR) is 84.8 cm³/mol. The number of pyridine rings is 1. The first-order valence-corrected chi connectivity index (χ1v) is 8.44. The fraction of sp³-hybridized carbons (Fsp3) is 0.625. The first kappa shape index (κ1) is 13.5. The summed E-state index contributed by atoms with van der Waals surface area (Å²) in [5.41, 5.74) is 1.94. The van der Waals surface area contributed by atoms with Crippen molar-refractivity contribution in [3.05, 3.63) is 23.1 Å². The average molecular weight is 305 g/mol. The van der Waals surface area contributed by atoms with E-state index >= 15 is 0 Å². The molecule has 1 N–H and O–H groups in total. The van der Waals surface area contributed by atoms with E-state index in [4.69, 9.17) is 16.6 Å². The number of piperidine rings is 1. The van der Waals surface area contributed by atoms with Crippen LogP contribution < -0.4 is 5.32 Å². The van der Waals surface area contributed by atoms with Crippen LogP contribution in [0.15, 0.2) is 12.3 Å². The van der Waals surface area contributed by atoms with E-state index in [0.717, 1.165) is 24.1 Å². The minimum Gasteiger partial charge on any atom is -0.314 e. The molecule has 1 saturated heterocycles. The lowest BCUT2D eigenvalue weighted by molar-refractivity contribution is 0.366. The summed E-state index contributed by atoms with van der Waals surface area (Å²) < 4.78 is 2.33. The Bertz CT molecular complexity index is 641. The predicted octanol–water partition coefficient (Wildman–Crippen LogP) is 3.49. The molecule has 4 rings (SSSR count). The number of aryl methyl sites for hydroxylation is 1. The van der Waals surface area contributed by atoms with Crippen molar-refractivity contribution in [1.29, 1.82) is 0 Å². The van der Waals surface area contributed by atoms with E-state index in [1.165, 1.54) is 44.5 Å². The van der Waals surface area contributed by atoms with Gasteiger partial charge in [0.25, 0.3) is 0 Å². The summed E-state index contributed by atoms with van der Waals surface area (Å²) in [6.45, 7) is 2.17. The smallest absolute Gasteiger partial charge is 0.160 e. The molecule has 4 nitrogen and oxygen atoms in total. The highest BCUT2D eigenvalue weighted by Crippen LogP contribution is 2.40. The van der Waals surface area contributed by atoms with Crippen LogP contribution in [-0.2, 0) is 6.54 Å². The number of halogens is 1. The molecule has 1 saturated carbocycles. The largest absolute Gasteiger partial charge is 0.314 e. The summed E-state index contributed by atoms with van der Waals surface area (Å²) in [5, 5.41) is 4.30. The Morgan fingerprint density at radius 3 is 2.95 bits per heavy atom. The van der Waals surface area contributed by atoms with E-state index in [1.54, 1.807) is 6.20 Å². The zero-order chi connectivity index (χ0) is 14.2. The van der Waals surface area contributed by atoms with Crippen molar-refractivity contribution in [2.45, 2.75) is 57.0 Å². The third kappa shape index (κ3) is 2.79. The van der Waals surface area contributed by atoms with Gasteiger partial charge in [-0.25, -0.2) is 9.97 Å². The van der Waals surface area contributed by atoms with E-state index in [9.17, 15) is 0 Å². The Kier molecular flexibility index (Phi) is 3.59. The van der Waals surface area contributed by atoms with E-state index in [2.05, 4.69) is 14.9 Å². The SMILES string of the molecule is Clc1cnc2c(c1)nc(C1CC1)n2CCC1CCCCN1. The molecule has 0 aromatic carbocycles. The van der Waals surface area contributed by atoms with Crippen molar-refractivity contribution < 1.29 is 0 Å². The molecule has 1 aliphatic heterocycles. The summed E-state index contributed by atoms with van der Waals surface area (Å²) in [7, 11) is 0. The third-order valence-electron chi connectivity index (χ3n) is 4.64. The Labute approximate surface area is 129 Å². The van der Waals surface area contributed by atoms with Crippen molar-refractivity contribution in [1.82, 2.24) is 19.9 Å². The number of rotatable bonds is 4. The number of imidazole rings is 1. The summed E-state index contributed by atoms with van der Waals surface area (Å²) in [6, 6.07) is 2.58. The van der Waals surface area contributed by atoms with Crippen LogP contribution in [0.4, 0.5) is 0 Å². The van der Waals surface area contributed by atoms with E-state index in [1.807, 2.05) is 6.07 Å². The van der Waals surface area contributed by atoms with Crippen LogP contribution in [0.2, 0.25) is 5.02 Å². The summed E-state index contributed by atoms with van der Waals surface area (Å²) >= 11 is 6.05. The number of nitrogens with one attached hydrogen (secondary N) is 1. The Balaban J connectivity index is 1.60. The quantitative estimate of drug-likeness (QED) is 0.940. The van der Waals surface area contributed by atoms with Crippen LogP contribution in [0, 0.1) is 0 Å². The van der Waals surface area contributed by atoms with Gasteiger partial charge >= 0.3 is 0 Å². The van der Waals surface area contributed by atoms with Gasteiger partial charge in [-0.05, 0) is 44.7 Å². The monoisotopic (exact) mass is 304 g/mol. The van der Waals surface area contributed by atoms with Crippen molar-refractivity contribution in [2.24, 2.45) is 0 Å². The van der Waals surface area contributed by atoms with E-state index in [0.29, 0.717) is 17.0 Å². The van der Waals surface area contributed by atoms with Crippen LogP contribution >= 0.6 is 11.6 Å². The van der Waals surface area contributed by atoms with Gasteiger partial charge in [0.2, 0.25) is 0 Å². The zero-order valence-electron chi connectivity index (χ0n) is 12.2. The molecule has 0 spiro atoms. The van der Waals surface area contributed by atoms with E-state index < -0.39 is 0 Å². The van der Waals surface area contributed by atoms with Crippen LogP contribution in [0.1, 0.15) is 50.3 Å². The molecular formula is C16H21ClN4. The molecule has 2 aromatic heterocycles. The molecule has 5 heteroatoms. The summed E-state index contributed by atoms with van der Waals surface area (Å²) in [5.74, 6) is 1.85. The normalized spacial score (nSPS) is 22.8. The minimum absolute atomic E-state index is 0.636. The molecule has 2 aromatic rings. The number of hydrogen-bond acceptors (Lipinski definition) is 3. The highest BCUT2D eigenvalue weighted by molar-refractivity contribution is 6.31. The molecule has 0 amide bonds. The van der Waals surface area contributed by atoms with Gasteiger partial charge in [-0.15, -0.1) is 0 Å². The molecule has 0 bridgehead atoms. The fourth-order valence-corrected chi connectivity index (χ4v) is 3.49. The molecule has 2 fully saturated rings. The fourth-order valence-electron chi connectivity index (χ4n) is 3.33.